The van der Waals surface area contributed by atoms with E-state index in [9.17, 15) is 0 Å². The number of hydrogen-bond acceptors (Lipinski definition) is 3. The number of nitrogens with one attached hydrogen (secondary N) is 1. The van der Waals surface area contributed by atoms with Crippen LogP contribution in [0.1, 0.15) is 22.7 Å². The van der Waals surface area contributed by atoms with Gasteiger partial charge in [-0.15, -0.1) is 0 Å². The number of hydrogen-bond donors (Lipinski definition) is 1. The molecule has 4 heteroatoms. The monoisotopic (exact) mass is 349 g/mol. The van der Waals surface area contributed by atoms with Gasteiger partial charge in [0.2, 0.25) is 0 Å². The van der Waals surface area contributed by atoms with Crippen molar-refractivity contribution in [1.29, 1.82) is 0 Å². The lowest BCUT2D eigenvalue weighted by atomic mass is 9.96. The molecule has 2 aromatic carbocycles. The van der Waals surface area contributed by atoms with Gasteiger partial charge < -0.3 is 14.8 Å². The van der Waals surface area contributed by atoms with Crippen LogP contribution in [0.3, 0.4) is 0 Å². The van der Waals surface area contributed by atoms with Crippen molar-refractivity contribution in [2.24, 2.45) is 0 Å². The summed E-state index contributed by atoms with van der Waals surface area (Å²) in [6.45, 7) is 2.08. The molecule has 0 aliphatic heterocycles. The van der Waals surface area contributed by atoms with Crippen molar-refractivity contribution < 1.29 is 9.47 Å². The summed E-state index contributed by atoms with van der Waals surface area (Å²) < 4.78 is 11.9. The predicted octanol–water partition coefficient (Wildman–Crippen LogP) is 4.08. The molecule has 2 rings (SSSR count). The highest BCUT2D eigenvalue weighted by molar-refractivity contribution is 9.10. The molecule has 0 spiro atoms. The lowest BCUT2D eigenvalue weighted by Crippen LogP contribution is -2.19. The molecule has 1 N–H and O–H groups in total. The lowest BCUT2D eigenvalue weighted by molar-refractivity contribution is 0.404. The van der Waals surface area contributed by atoms with Gasteiger partial charge in [-0.3, -0.25) is 0 Å². The normalized spacial score (nSPS) is 12.0. The third-order valence-corrected chi connectivity index (χ3v) is 4.22. The first kappa shape index (κ1) is 15.9. The van der Waals surface area contributed by atoms with Crippen LogP contribution in [0.25, 0.3) is 0 Å². The van der Waals surface area contributed by atoms with Crippen LogP contribution in [0.5, 0.6) is 11.5 Å². The summed E-state index contributed by atoms with van der Waals surface area (Å²) in [7, 11) is 5.31. The maximum absolute atomic E-state index is 5.51. The van der Waals surface area contributed by atoms with E-state index in [1.165, 1.54) is 5.56 Å². The Morgan fingerprint density at radius 3 is 2.38 bits per heavy atom. The zero-order chi connectivity index (χ0) is 15.4. The van der Waals surface area contributed by atoms with Crippen molar-refractivity contribution in [2.45, 2.75) is 13.0 Å². The van der Waals surface area contributed by atoms with Gasteiger partial charge in [0, 0.05) is 10.0 Å². The summed E-state index contributed by atoms with van der Waals surface area (Å²) in [5.74, 6) is 1.70. The molecule has 0 fully saturated rings. The van der Waals surface area contributed by atoms with Gasteiger partial charge in [0.15, 0.2) is 0 Å². The second-order valence-corrected chi connectivity index (χ2v) is 5.71. The first-order valence-electron chi connectivity index (χ1n) is 6.76. The van der Waals surface area contributed by atoms with E-state index in [-0.39, 0.29) is 6.04 Å². The number of rotatable bonds is 5. The highest BCUT2D eigenvalue weighted by Crippen LogP contribution is 2.35. The number of ether oxygens (including phenoxy) is 2. The van der Waals surface area contributed by atoms with Crippen LogP contribution in [0.4, 0.5) is 0 Å². The van der Waals surface area contributed by atoms with E-state index in [2.05, 4.69) is 40.3 Å². The number of benzene rings is 2. The average molecular weight is 350 g/mol. The Balaban J connectivity index is 2.56. The maximum Gasteiger partial charge on any atom is 0.123 e. The highest BCUT2D eigenvalue weighted by Gasteiger charge is 2.19. The number of aryl methyl sites for hydroxylation is 1. The first-order chi connectivity index (χ1) is 10.1. The van der Waals surface area contributed by atoms with Crippen molar-refractivity contribution in [3.63, 3.8) is 0 Å². The summed E-state index contributed by atoms with van der Waals surface area (Å²) in [6.07, 6.45) is 0. The van der Waals surface area contributed by atoms with Gasteiger partial charge in [-0.25, -0.2) is 0 Å². The molecule has 0 aliphatic rings. The largest absolute Gasteiger partial charge is 0.497 e. The van der Waals surface area contributed by atoms with Crippen molar-refractivity contribution in [1.82, 2.24) is 5.32 Å². The van der Waals surface area contributed by atoms with Gasteiger partial charge in [-0.2, -0.15) is 0 Å². The van der Waals surface area contributed by atoms with Crippen molar-refractivity contribution in [3.05, 3.63) is 57.6 Å². The Kier molecular flexibility index (Phi) is 5.26. The van der Waals surface area contributed by atoms with Crippen LogP contribution >= 0.6 is 15.9 Å². The lowest BCUT2D eigenvalue weighted by Gasteiger charge is -2.22. The van der Waals surface area contributed by atoms with Gasteiger partial charge >= 0.3 is 0 Å². The molecular weight excluding hydrogens is 330 g/mol. The summed E-state index contributed by atoms with van der Waals surface area (Å²) in [6, 6.07) is 12.2. The van der Waals surface area contributed by atoms with E-state index in [4.69, 9.17) is 9.47 Å². The molecule has 0 aromatic heterocycles. The van der Waals surface area contributed by atoms with E-state index in [0.717, 1.165) is 27.1 Å². The van der Waals surface area contributed by atoms with Gasteiger partial charge in [0.05, 0.1) is 20.3 Å². The van der Waals surface area contributed by atoms with E-state index < -0.39 is 0 Å². The minimum absolute atomic E-state index is 0.0179. The molecule has 3 nitrogen and oxygen atoms in total. The van der Waals surface area contributed by atoms with E-state index in [0.29, 0.717) is 0 Å². The minimum Gasteiger partial charge on any atom is -0.497 e. The SMILES string of the molecule is CNC(c1cc(OC)ccc1Br)c1cc(C)ccc1OC. The van der Waals surface area contributed by atoms with E-state index in [1.54, 1.807) is 14.2 Å². The molecule has 0 saturated carbocycles. The van der Waals surface area contributed by atoms with Crippen molar-refractivity contribution >= 4 is 15.9 Å². The van der Waals surface area contributed by atoms with Crippen molar-refractivity contribution in [2.75, 3.05) is 21.3 Å². The average Bonchev–Trinajstić information content (AvgIpc) is 2.50. The second-order valence-electron chi connectivity index (χ2n) is 4.85. The summed E-state index contributed by atoms with van der Waals surface area (Å²) in [5.41, 5.74) is 3.42. The third kappa shape index (κ3) is 3.39. The Hall–Kier alpha value is -1.52. The molecule has 0 amide bonds. The Morgan fingerprint density at radius 1 is 1.00 bits per heavy atom. The van der Waals surface area contributed by atoms with Crippen LogP contribution in [-0.2, 0) is 0 Å². The van der Waals surface area contributed by atoms with Gasteiger partial charge in [0.25, 0.3) is 0 Å². The number of methoxy groups -OCH3 is 2. The zero-order valence-electron chi connectivity index (χ0n) is 12.7. The number of halogens is 1. The predicted molar refractivity (Wildman–Crippen MR) is 89.3 cm³/mol. The summed E-state index contributed by atoms with van der Waals surface area (Å²) >= 11 is 3.63. The molecule has 2 aromatic rings. The maximum atomic E-state index is 5.51. The molecule has 0 saturated heterocycles. The molecule has 0 bridgehead atoms. The molecule has 0 radical (unpaired) electrons. The fourth-order valence-electron chi connectivity index (χ4n) is 2.43. The smallest absolute Gasteiger partial charge is 0.123 e. The third-order valence-electron chi connectivity index (χ3n) is 3.50. The Labute approximate surface area is 134 Å². The van der Waals surface area contributed by atoms with Gasteiger partial charge in [0.1, 0.15) is 11.5 Å². The standard InChI is InChI=1S/C17H20BrNO2/c1-11-5-8-16(21-4)14(9-11)17(19-2)13-10-12(20-3)6-7-15(13)18/h5-10,17,19H,1-4H3. The summed E-state index contributed by atoms with van der Waals surface area (Å²) in [5, 5.41) is 3.36. The van der Waals surface area contributed by atoms with Crippen LogP contribution in [0.15, 0.2) is 40.9 Å². The van der Waals surface area contributed by atoms with Crippen LogP contribution < -0.4 is 14.8 Å². The fraction of sp³-hybridized carbons (Fsp3) is 0.294. The van der Waals surface area contributed by atoms with Crippen LogP contribution in [0.2, 0.25) is 0 Å². The highest BCUT2D eigenvalue weighted by atomic mass is 79.9. The fourth-order valence-corrected chi connectivity index (χ4v) is 2.90. The van der Waals surface area contributed by atoms with Crippen LogP contribution in [0, 0.1) is 6.92 Å². The minimum atomic E-state index is 0.0179. The van der Waals surface area contributed by atoms with E-state index >= 15 is 0 Å². The molecule has 0 aliphatic carbocycles. The second kappa shape index (κ2) is 6.96. The molecule has 1 atom stereocenters. The van der Waals surface area contributed by atoms with E-state index in [1.807, 2.05) is 31.3 Å². The summed E-state index contributed by atoms with van der Waals surface area (Å²) in [4.78, 5) is 0. The Morgan fingerprint density at radius 2 is 1.76 bits per heavy atom. The molecule has 1 unspecified atom stereocenters. The van der Waals surface area contributed by atoms with Gasteiger partial charge in [-0.1, -0.05) is 33.6 Å². The Bertz CT molecular complexity index is 628. The first-order valence-corrected chi connectivity index (χ1v) is 7.55. The molecule has 0 heterocycles. The zero-order valence-corrected chi connectivity index (χ0v) is 14.3. The van der Waals surface area contributed by atoms with Crippen molar-refractivity contribution in [3.8, 4) is 11.5 Å². The topological polar surface area (TPSA) is 30.5 Å². The van der Waals surface area contributed by atoms with Gasteiger partial charge in [-0.05, 0) is 43.8 Å². The molecule has 21 heavy (non-hydrogen) atoms. The quantitative estimate of drug-likeness (QED) is 0.881. The molecule has 112 valence electrons. The molecular formula is C17H20BrNO2. The van der Waals surface area contributed by atoms with Crippen LogP contribution in [-0.4, -0.2) is 21.3 Å².